The van der Waals surface area contributed by atoms with Crippen LogP contribution in [0.3, 0.4) is 0 Å². The maximum Gasteiger partial charge on any atom is 0.310 e. The molecule has 0 saturated carbocycles. The number of nitrogens with zero attached hydrogens (tertiary/aromatic N) is 2. The molecule has 0 spiro atoms. The van der Waals surface area contributed by atoms with Crippen molar-refractivity contribution in [1.82, 2.24) is 0 Å². The number of hydrogen-bond donors (Lipinski definition) is 0. The van der Waals surface area contributed by atoms with Crippen molar-refractivity contribution in [2.75, 3.05) is 6.54 Å². The molecular weight excluding hydrogens is 320 g/mol. The Hall–Kier alpha value is -3.20. The highest BCUT2D eigenvalue weighted by atomic mass is 16.6. The van der Waals surface area contributed by atoms with E-state index in [4.69, 9.17) is 10.00 Å². The highest BCUT2D eigenvalue weighted by molar-refractivity contribution is 5.76. The number of carbonyl (C=O) groups excluding carboxylic acids is 1. The largest absolute Gasteiger partial charge is 0.457 e. The number of cyclic esters (lactones) is 1. The molecule has 0 aromatic heterocycles. The monoisotopic (exact) mass is 336 g/mol. The number of ether oxygens (including phenoxy) is 1. The lowest BCUT2D eigenvalue weighted by Gasteiger charge is -2.17. The number of esters is 1. The van der Waals surface area contributed by atoms with E-state index in [-0.39, 0.29) is 12.6 Å². The van der Waals surface area contributed by atoms with Gasteiger partial charge in [-0.3, -0.25) is 14.9 Å². The lowest BCUT2D eigenvalue weighted by atomic mass is 9.83. The fourth-order valence-corrected chi connectivity index (χ4v) is 3.23. The van der Waals surface area contributed by atoms with Crippen LogP contribution in [0.1, 0.15) is 35.1 Å². The molecule has 25 heavy (non-hydrogen) atoms. The Kier molecular flexibility index (Phi) is 4.75. The van der Waals surface area contributed by atoms with Gasteiger partial charge >= 0.3 is 5.97 Å². The van der Waals surface area contributed by atoms with E-state index in [2.05, 4.69) is 0 Å². The molecule has 0 amide bonds. The van der Waals surface area contributed by atoms with E-state index >= 15 is 0 Å². The molecule has 0 unspecified atom stereocenters. The van der Waals surface area contributed by atoms with Crippen molar-refractivity contribution in [3.63, 3.8) is 0 Å². The van der Waals surface area contributed by atoms with Crippen molar-refractivity contribution in [3.8, 4) is 6.07 Å². The van der Waals surface area contributed by atoms with Gasteiger partial charge in [0.05, 0.1) is 23.5 Å². The fraction of sp³-hybridized carbons (Fsp3) is 0.263. The van der Waals surface area contributed by atoms with Crippen LogP contribution in [0, 0.1) is 27.4 Å². The predicted molar refractivity (Wildman–Crippen MR) is 89.1 cm³/mol. The molecule has 1 fully saturated rings. The van der Waals surface area contributed by atoms with E-state index in [1.165, 1.54) is 0 Å². The number of benzene rings is 2. The Morgan fingerprint density at radius 3 is 2.48 bits per heavy atom. The molecule has 6 heteroatoms. The molecule has 0 radical (unpaired) electrons. The molecule has 1 heterocycles. The number of nitriles is 1. The number of nitro groups is 1. The van der Waals surface area contributed by atoms with Crippen molar-refractivity contribution in [2.45, 2.75) is 18.4 Å². The highest BCUT2D eigenvalue weighted by Gasteiger charge is 2.42. The smallest absolute Gasteiger partial charge is 0.310 e. The topological polar surface area (TPSA) is 93.2 Å². The van der Waals surface area contributed by atoms with Crippen LogP contribution in [0.5, 0.6) is 0 Å². The average Bonchev–Trinajstić information content (AvgIpc) is 3.02. The van der Waals surface area contributed by atoms with Crippen molar-refractivity contribution in [1.29, 1.82) is 5.26 Å². The van der Waals surface area contributed by atoms with Crippen LogP contribution < -0.4 is 0 Å². The Balaban J connectivity index is 1.87. The summed E-state index contributed by atoms with van der Waals surface area (Å²) in [6.45, 7) is -0.354. The molecule has 3 atom stereocenters. The van der Waals surface area contributed by atoms with Crippen LogP contribution in [0.25, 0.3) is 0 Å². The Morgan fingerprint density at radius 2 is 1.88 bits per heavy atom. The zero-order chi connectivity index (χ0) is 17.8. The zero-order valence-corrected chi connectivity index (χ0v) is 13.4. The summed E-state index contributed by atoms with van der Waals surface area (Å²) in [6.07, 6.45) is 0.0211. The van der Waals surface area contributed by atoms with E-state index < -0.39 is 22.7 Å². The summed E-state index contributed by atoms with van der Waals surface area (Å²) < 4.78 is 5.48. The van der Waals surface area contributed by atoms with E-state index in [0.29, 0.717) is 17.5 Å². The normalized spacial score (nSPS) is 20.5. The summed E-state index contributed by atoms with van der Waals surface area (Å²) in [4.78, 5) is 23.1. The van der Waals surface area contributed by atoms with Gasteiger partial charge in [0, 0.05) is 11.3 Å². The van der Waals surface area contributed by atoms with Crippen LogP contribution in [-0.4, -0.2) is 17.4 Å². The maximum atomic E-state index is 12.4. The molecular formula is C19H16N2O4. The van der Waals surface area contributed by atoms with Crippen LogP contribution in [-0.2, 0) is 9.53 Å². The molecule has 126 valence electrons. The lowest BCUT2D eigenvalue weighted by Crippen LogP contribution is -2.24. The van der Waals surface area contributed by atoms with Gasteiger partial charge in [-0.1, -0.05) is 42.5 Å². The Labute approximate surface area is 144 Å². The van der Waals surface area contributed by atoms with Gasteiger partial charge in [-0.2, -0.15) is 5.26 Å². The van der Waals surface area contributed by atoms with E-state index in [1.807, 2.05) is 36.4 Å². The second-order valence-corrected chi connectivity index (χ2v) is 6.03. The Morgan fingerprint density at radius 1 is 1.20 bits per heavy atom. The summed E-state index contributed by atoms with van der Waals surface area (Å²) in [5.74, 6) is -1.57. The quantitative estimate of drug-likeness (QED) is 0.475. The second kappa shape index (κ2) is 7.14. The minimum Gasteiger partial charge on any atom is -0.457 e. The van der Waals surface area contributed by atoms with E-state index in [9.17, 15) is 14.9 Å². The van der Waals surface area contributed by atoms with E-state index in [0.717, 1.165) is 5.56 Å². The van der Waals surface area contributed by atoms with Crippen molar-refractivity contribution < 1.29 is 14.5 Å². The molecule has 0 aliphatic carbocycles. The van der Waals surface area contributed by atoms with Gasteiger partial charge in [0.1, 0.15) is 6.10 Å². The predicted octanol–water partition coefficient (Wildman–Crippen LogP) is 3.22. The summed E-state index contributed by atoms with van der Waals surface area (Å²) in [7, 11) is 0. The molecule has 1 aliphatic rings. The number of hydrogen-bond acceptors (Lipinski definition) is 5. The second-order valence-electron chi connectivity index (χ2n) is 6.03. The first-order valence-electron chi connectivity index (χ1n) is 7.96. The highest BCUT2D eigenvalue weighted by Crippen LogP contribution is 2.41. The van der Waals surface area contributed by atoms with Crippen molar-refractivity contribution in [3.05, 3.63) is 81.4 Å². The van der Waals surface area contributed by atoms with Gasteiger partial charge < -0.3 is 4.74 Å². The molecule has 6 nitrogen and oxygen atoms in total. The molecule has 0 bridgehead atoms. The van der Waals surface area contributed by atoms with Gasteiger partial charge in [-0.25, -0.2) is 0 Å². The van der Waals surface area contributed by atoms with E-state index in [1.54, 1.807) is 24.3 Å². The van der Waals surface area contributed by atoms with Crippen molar-refractivity contribution in [2.24, 2.45) is 5.92 Å². The first-order valence-corrected chi connectivity index (χ1v) is 7.96. The minimum absolute atomic E-state index is 0.354. The van der Waals surface area contributed by atoms with Gasteiger partial charge in [0.25, 0.3) is 0 Å². The zero-order valence-electron chi connectivity index (χ0n) is 13.4. The van der Waals surface area contributed by atoms with Crippen LogP contribution >= 0.6 is 0 Å². The van der Waals surface area contributed by atoms with Gasteiger partial charge in [-0.05, 0) is 23.3 Å². The summed E-state index contributed by atoms with van der Waals surface area (Å²) >= 11 is 0. The third kappa shape index (κ3) is 3.66. The number of rotatable bonds is 5. The maximum absolute atomic E-state index is 12.4. The third-order valence-electron chi connectivity index (χ3n) is 4.50. The van der Waals surface area contributed by atoms with Crippen LogP contribution in [0.2, 0.25) is 0 Å². The fourth-order valence-electron chi connectivity index (χ4n) is 3.23. The number of carbonyl (C=O) groups is 1. The molecule has 3 rings (SSSR count). The molecule has 2 aromatic rings. The van der Waals surface area contributed by atoms with Crippen LogP contribution in [0.4, 0.5) is 0 Å². The molecule has 1 aliphatic heterocycles. The standard InChI is InChI=1S/C19H16N2O4/c20-11-13-6-8-14(9-7-13)17(12-21(23)24)16-10-18(25-19(16)22)15-4-2-1-3-5-15/h1-9,16-18H,10,12H2/t16-,17-,18-/m1/s1. The SMILES string of the molecule is N#Cc1ccc([C@@H](C[N+](=O)[O-])[C@H]2C[C@H](c3ccccc3)OC2=O)cc1. The van der Waals surface area contributed by atoms with Gasteiger partial charge in [0.15, 0.2) is 0 Å². The summed E-state index contributed by atoms with van der Waals surface area (Å²) in [6, 6.07) is 18.0. The molecule has 0 N–H and O–H groups in total. The first-order chi connectivity index (χ1) is 12.1. The average molecular weight is 336 g/mol. The lowest BCUT2D eigenvalue weighted by molar-refractivity contribution is -0.484. The first kappa shape index (κ1) is 16.7. The van der Waals surface area contributed by atoms with Gasteiger partial charge in [0.2, 0.25) is 6.54 Å². The summed E-state index contributed by atoms with van der Waals surface area (Å²) in [5, 5.41) is 20.0. The summed E-state index contributed by atoms with van der Waals surface area (Å²) in [5.41, 5.74) is 2.03. The minimum atomic E-state index is -0.580. The van der Waals surface area contributed by atoms with Crippen LogP contribution in [0.15, 0.2) is 54.6 Å². The third-order valence-corrected chi connectivity index (χ3v) is 4.50. The van der Waals surface area contributed by atoms with Crippen molar-refractivity contribution >= 4 is 5.97 Å². The molecule has 1 saturated heterocycles. The van der Waals surface area contributed by atoms with Gasteiger partial charge in [-0.15, -0.1) is 0 Å². The molecule has 2 aromatic carbocycles. The Bertz CT molecular complexity index is 812.